The fourth-order valence-corrected chi connectivity index (χ4v) is 5.74. The molecule has 0 amide bonds. The number of nitrogens with zero attached hydrogens (tertiary/aromatic N) is 4. The molecule has 0 bridgehead atoms. The first-order valence-electron chi connectivity index (χ1n) is 9.86. The second-order valence-corrected chi connectivity index (χ2v) is 9.52. The summed E-state index contributed by atoms with van der Waals surface area (Å²) in [7, 11) is 1.52. The Balaban J connectivity index is 1.57. The number of benzene rings is 1. The predicted molar refractivity (Wildman–Crippen MR) is 118 cm³/mol. The fourth-order valence-electron chi connectivity index (χ4n) is 4.40. The quantitative estimate of drug-likeness (QED) is 0.534. The molecule has 1 aromatic carbocycles. The van der Waals surface area contributed by atoms with E-state index < -0.39 is 21.9 Å². The molecule has 5 rings (SSSR count). The van der Waals surface area contributed by atoms with Crippen LogP contribution in [0.3, 0.4) is 0 Å². The number of amidine groups is 1. The van der Waals surface area contributed by atoms with Crippen LogP contribution in [0.4, 0.5) is 20.3 Å². The monoisotopic (exact) mass is 458 g/mol. The van der Waals surface area contributed by atoms with Crippen LogP contribution < -0.4 is 15.8 Å². The number of aliphatic hydroxyl groups excluding tert-OH is 1. The lowest BCUT2D eigenvalue weighted by Crippen LogP contribution is -2.37. The second kappa shape index (κ2) is 7.24. The largest absolute Gasteiger partial charge is 0.495 e. The summed E-state index contributed by atoms with van der Waals surface area (Å²) >= 11 is 1.29. The number of aromatic nitrogens is 3. The van der Waals surface area contributed by atoms with Gasteiger partial charge < -0.3 is 20.9 Å². The van der Waals surface area contributed by atoms with Crippen LogP contribution in [0.25, 0.3) is 11.0 Å². The lowest BCUT2D eigenvalue weighted by molar-refractivity contribution is 0.264. The highest BCUT2D eigenvalue weighted by molar-refractivity contribution is 8.15. The maximum Gasteiger partial charge on any atom is 0.164 e. The minimum Gasteiger partial charge on any atom is -0.495 e. The Morgan fingerprint density at radius 1 is 1.28 bits per heavy atom. The van der Waals surface area contributed by atoms with Crippen LogP contribution in [0, 0.1) is 17.6 Å². The van der Waals surface area contributed by atoms with E-state index in [2.05, 4.69) is 25.3 Å². The van der Waals surface area contributed by atoms with Crippen LogP contribution in [0.5, 0.6) is 5.75 Å². The molecule has 0 radical (unpaired) electrons. The number of thioether (sulfide) groups is 1. The number of fused-ring (bicyclic) bond motifs is 2. The highest BCUT2D eigenvalue weighted by Gasteiger charge is 2.66. The molecule has 32 heavy (non-hydrogen) atoms. The Bertz CT molecular complexity index is 1270. The summed E-state index contributed by atoms with van der Waals surface area (Å²) in [5.41, 5.74) is 6.21. The molecule has 0 unspecified atom stereocenters. The van der Waals surface area contributed by atoms with Gasteiger partial charge in [-0.2, -0.15) is 0 Å². The van der Waals surface area contributed by atoms with Crippen molar-refractivity contribution in [2.24, 2.45) is 16.6 Å². The summed E-state index contributed by atoms with van der Waals surface area (Å²) in [4.78, 5) is 17.2. The molecule has 2 aliphatic rings. The summed E-state index contributed by atoms with van der Waals surface area (Å²) in [6.07, 6.45) is 3.47. The molecule has 1 aliphatic carbocycles. The minimum atomic E-state index is -1.11. The van der Waals surface area contributed by atoms with Crippen LogP contribution >= 0.6 is 11.8 Å². The van der Waals surface area contributed by atoms with E-state index in [1.165, 1.54) is 37.5 Å². The third-order valence-electron chi connectivity index (χ3n) is 6.14. The van der Waals surface area contributed by atoms with E-state index in [0.717, 1.165) is 6.07 Å². The van der Waals surface area contributed by atoms with E-state index in [9.17, 15) is 9.50 Å². The van der Waals surface area contributed by atoms with Crippen LogP contribution in [0.2, 0.25) is 0 Å². The first-order chi connectivity index (χ1) is 15.3. The van der Waals surface area contributed by atoms with E-state index in [-0.39, 0.29) is 28.9 Å². The molecule has 1 aliphatic heterocycles. The van der Waals surface area contributed by atoms with Gasteiger partial charge in [0.2, 0.25) is 0 Å². The molecular weight excluding hydrogens is 438 g/mol. The topological polar surface area (TPSA) is 119 Å². The number of nitrogens with one attached hydrogen (secondary N) is 1. The van der Waals surface area contributed by atoms with Crippen molar-refractivity contribution >= 4 is 39.5 Å². The molecule has 3 aromatic rings. The summed E-state index contributed by atoms with van der Waals surface area (Å²) in [6, 6.07) is 4.26. The van der Waals surface area contributed by atoms with Gasteiger partial charge in [-0.25, -0.2) is 23.7 Å². The van der Waals surface area contributed by atoms with Gasteiger partial charge in [0.05, 0.1) is 35.7 Å². The van der Waals surface area contributed by atoms with Gasteiger partial charge in [0, 0.05) is 29.3 Å². The number of anilines is 2. The molecule has 166 valence electrons. The number of ether oxygens (including phenoxy) is 1. The van der Waals surface area contributed by atoms with Gasteiger partial charge in [0.25, 0.3) is 0 Å². The number of methoxy groups -OCH3 is 1. The molecule has 3 atom stereocenters. The van der Waals surface area contributed by atoms with E-state index in [4.69, 9.17) is 10.5 Å². The number of pyridine rings is 1. The maximum atomic E-state index is 15.0. The first-order valence-corrected chi connectivity index (χ1v) is 10.7. The summed E-state index contributed by atoms with van der Waals surface area (Å²) in [5, 5.41) is 13.1. The van der Waals surface area contributed by atoms with Crippen molar-refractivity contribution in [3.8, 4) is 5.75 Å². The van der Waals surface area contributed by atoms with Crippen molar-refractivity contribution in [2.45, 2.75) is 23.6 Å². The van der Waals surface area contributed by atoms with Gasteiger partial charge in [-0.3, -0.25) is 4.99 Å². The zero-order valence-electron chi connectivity index (χ0n) is 17.3. The molecule has 8 nitrogen and oxygen atoms in total. The number of hydrogen-bond acceptors (Lipinski definition) is 9. The fraction of sp³-hybridized carbons (Fsp3) is 0.333. The lowest BCUT2D eigenvalue weighted by atomic mass is 9.85. The van der Waals surface area contributed by atoms with E-state index in [0.29, 0.717) is 29.0 Å². The second-order valence-electron chi connectivity index (χ2n) is 8.09. The van der Waals surface area contributed by atoms with E-state index in [1.807, 2.05) is 0 Å². The third kappa shape index (κ3) is 3.15. The number of hydrogen-bond donors (Lipinski definition) is 3. The standard InChI is InChI=1S/C21H20F2N6O2S/c1-20(15-6-21(15,8-30)32-19(24)29-20)12-3-10(4-13(22)16(12)23)28-18-17-14(26-9-27-18)5-11(31-2)7-25-17/h3-5,7,9,15,30H,6,8H2,1-2H3,(H2,24,29)(H,26,27,28)/t15-,20+,21+/m0/s1. The zero-order chi connectivity index (χ0) is 22.7. The molecule has 11 heteroatoms. The molecule has 4 N–H and O–H groups in total. The highest BCUT2D eigenvalue weighted by atomic mass is 32.2. The summed E-state index contributed by atoms with van der Waals surface area (Å²) < 4.78 is 34.3. The Morgan fingerprint density at radius 2 is 2.09 bits per heavy atom. The third-order valence-corrected chi connectivity index (χ3v) is 7.43. The van der Waals surface area contributed by atoms with Gasteiger partial charge in [0.1, 0.15) is 17.6 Å². The van der Waals surface area contributed by atoms with Gasteiger partial charge in [-0.05, 0) is 19.4 Å². The first kappa shape index (κ1) is 20.8. The number of halogens is 2. The average Bonchev–Trinajstić information content (AvgIpc) is 3.51. The average molecular weight is 458 g/mol. The van der Waals surface area contributed by atoms with Gasteiger partial charge in [0.15, 0.2) is 22.6 Å². The number of aliphatic hydroxyl groups is 1. The van der Waals surface area contributed by atoms with Crippen LogP contribution in [0.1, 0.15) is 18.9 Å². The number of rotatable bonds is 5. The van der Waals surface area contributed by atoms with Crippen LogP contribution in [0.15, 0.2) is 35.7 Å². The van der Waals surface area contributed by atoms with Crippen molar-refractivity contribution in [3.05, 3.63) is 47.9 Å². The van der Waals surface area contributed by atoms with E-state index >= 15 is 4.39 Å². The van der Waals surface area contributed by atoms with Gasteiger partial charge in [-0.1, -0.05) is 11.8 Å². The zero-order valence-corrected chi connectivity index (χ0v) is 18.1. The lowest BCUT2D eigenvalue weighted by Gasteiger charge is -2.34. The van der Waals surface area contributed by atoms with Crippen LogP contribution in [-0.4, -0.2) is 43.7 Å². The molecule has 0 spiro atoms. The molecule has 3 heterocycles. The Kier molecular flexibility index (Phi) is 4.71. The summed E-state index contributed by atoms with van der Waals surface area (Å²) in [6.45, 7) is 1.61. The molecule has 2 aromatic heterocycles. The van der Waals surface area contributed by atoms with Crippen molar-refractivity contribution in [2.75, 3.05) is 19.0 Å². The Labute approximate surface area is 186 Å². The van der Waals surface area contributed by atoms with Crippen LogP contribution in [-0.2, 0) is 5.54 Å². The Morgan fingerprint density at radius 3 is 2.84 bits per heavy atom. The number of nitrogens with two attached hydrogens (primary N) is 1. The highest BCUT2D eigenvalue weighted by Crippen LogP contribution is 2.65. The molecule has 0 saturated heterocycles. The SMILES string of the molecule is COc1cnc2c(Nc3cc(F)c(F)c([C@@]4(C)N=C(N)S[C@@]5(CO)C[C@H]54)c3)ncnc2c1. The molecular formula is C21H20F2N6O2S. The molecule has 1 saturated carbocycles. The molecule has 1 fully saturated rings. The Hall–Kier alpha value is -3.05. The smallest absolute Gasteiger partial charge is 0.164 e. The number of aliphatic imine (C=N–C) groups is 1. The maximum absolute atomic E-state index is 15.0. The minimum absolute atomic E-state index is 0.0663. The van der Waals surface area contributed by atoms with Crippen molar-refractivity contribution < 1.29 is 18.6 Å². The van der Waals surface area contributed by atoms with E-state index in [1.54, 1.807) is 13.0 Å². The van der Waals surface area contributed by atoms with Crippen molar-refractivity contribution in [3.63, 3.8) is 0 Å². The van der Waals surface area contributed by atoms with Crippen molar-refractivity contribution in [1.82, 2.24) is 15.0 Å². The van der Waals surface area contributed by atoms with Gasteiger partial charge >= 0.3 is 0 Å². The van der Waals surface area contributed by atoms with Crippen molar-refractivity contribution in [1.29, 1.82) is 0 Å². The normalized spacial score (nSPS) is 26.4. The predicted octanol–water partition coefficient (Wildman–Crippen LogP) is 3.08. The summed E-state index contributed by atoms with van der Waals surface area (Å²) in [5.74, 6) is -1.32. The van der Waals surface area contributed by atoms with Gasteiger partial charge in [-0.15, -0.1) is 0 Å².